The van der Waals surface area contributed by atoms with E-state index in [4.69, 9.17) is 10.2 Å². The minimum absolute atomic E-state index is 0.0222. The van der Waals surface area contributed by atoms with E-state index < -0.39 is 0 Å². The Balaban J connectivity index is 2.54. The molecule has 3 N–H and O–H groups in total. The first-order chi connectivity index (χ1) is 9.77. The van der Waals surface area contributed by atoms with Crippen LogP contribution in [-0.2, 0) is 4.79 Å². The maximum absolute atomic E-state index is 12.0. The molecule has 0 atom stereocenters. The van der Waals surface area contributed by atoms with Crippen LogP contribution in [0.1, 0.15) is 46.4 Å². The van der Waals surface area contributed by atoms with Gasteiger partial charge in [-0.25, -0.2) is 0 Å². The first kappa shape index (κ1) is 17.6. The number of hydrogen-bond acceptors (Lipinski definition) is 6. The summed E-state index contributed by atoms with van der Waals surface area (Å²) in [4.78, 5) is 14.1. The van der Waals surface area contributed by atoms with E-state index in [1.54, 1.807) is 0 Å². The van der Waals surface area contributed by atoms with Crippen molar-refractivity contribution in [3.8, 4) is 0 Å². The third-order valence-electron chi connectivity index (χ3n) is 3.20. The molecule has 0 aliphatic rings. The minimum Gasteiger partial charge on any atom is -0.408 e. The molecule has 0 aliphatic heterocycles. The number of nitrogens with one attached hydrogen (secondary N) is 1. The number of likely N-dealkylation sites (N-methyl/N-ethyl adjacent to an activating group) is 1. The van der Waals surface area contributed by atoms with Crippen LogP contribution in [0.4, 0.5) is 6.01 Å². The molecule has 1 aromatic rings. The van der Waals surface area contributed by atoms with Gasteiger partial charge in [0.05, 0.1) is 6.54 Å². The molecule has 0 aromatic carbocycles. The highest BCUT2D eigenvalue weighted by molar-refractivity contribution is 5.90. The van der Waals surface area contributed by atoms with Gasteiger partial charge in [-0.2, -0.15) is 0 Å². The minimum atomic E-state index is -0.163. The van der Waals surface area contributed by atoms with Crippen LogP contribution in [0, 0.1) is 5.41 Å². The largest absolute Gasteiger partial charge is 0.408 e. The van der Waals surface area contributed by atoms with E-state index in [0.29, 0.717) is 12.4 Å². The van der Waals surface area contributed by atoms with Crippen molar-refractivity contribution in [2.45, 2.75) is 40.5 Å². The first-order valence-corrected chi connectivity index (χ1v) is 7.33. The van der Waals surface area contributed by atoms with E-state index in [1.165, 1.54) is 0 Å². The van der Waals surface area contributed by atoms with Gasteiger partial charge < -0.3 is 10.2 Å². The summed E-state index contributed by atoms with van der Waals surface area (Å²) in [5.41, 5.74) is 5.71. The van der Waals surface area contributed by atoms with Crippen molar-refractivity contribution in [2.75, 3.05) is 31.5 Å². The van der Waals surface area contributed by atoms with E-state index in [1.807, 2.05) is 25.7 Å². The molecule has 0 unspecified atom stereocenters. The van der Waals surface area contributed by atoms with Gasteiger partial charge in [-0.15, -0.1) is 5.10 Å². The van der Waals surface area contributed by atoms with E-state index in [9.17, 15) is 4.79 Å². The Hall–Kier alpha value is -1.47. The average molecular weight is 297 g/mol. The molecule has 0 aliphatic carbocycles. The Kier molecular flexibility index (Phi) is 6.29. The predicted octanol–water partition coefficient (Wildman–Crippen LogP) is 1.44. The van der Waals surface area contributed by atoms with Crippen molar-refractivity contribution in [1.82, 2.24) is 15.1 Å². The molecule has 21 heavy (non-hydrogen) atoms. The zero-order valence-corrected chi connectivity index (χ0v) is 13.6. The predicted molar refractivity (Wildman–Crippen MR) is 82.0 cm³/mol. The lowest BCUT2D eigenvalue weighted by Crippen LogP contribution is -2.42. The molecule has 0 radical (unpaired) electrons. The third kappa shape index (κ3) is 5.81. The SMILES string of the molecule is CCN(CC(=O)Nc1nnc(C(C)C)o1)CC(C)(C)CN. The lowest BCUT2D eigenvalue weighted by molar-refractivity contribution is -0.117. The Labute approximate surface area is 126 Å². The molecule has 7 heteroatoms. The van der Waals surface area contributed by atoms with Gasteiger partial charge in [-0.3, -0.25) is 15.0 Å². The zero-order chi connectivity index (χ0) is 16.0. The van der Waals surface area contributed by atoms with Crippen LogP contribution >= 0.6 is 0 Å². The van der Waals surface area contributed by atoms with E-state index in [-0.39, 0.29) is 29.8 Å². The van der Waals surface area contributed by atoms with Crippen LogP contribution < -0.4 is 11.1 Å². The topological polar surface area (TPSA) is 97.3 Å². The fourth-order valence-corrected chi connectivity index (χ4v) is 1.83. The summed E-state index contributed by atoms with van der Waals surface area (Å²) in [6.45, 7) is 12.5. The second-order valence-electron chi connectivity index (χ2n) is 6.32. The number of amides is 1. The fourth-order valence-electron chi connectivity index (χ4n) is 1.83. The smallest absolute Gasteiger partial charge is 0.322 e. The Bertz CT molecular complexity index is 456. The Morgan fingerprint density at radius 2 is 2.10 bits per heavy atom. The van der Waals surface area contributed by atoms with Crippen molar-refractivity contribution >= 4 is 11.9 Å². The standard InChI is InChI=1S/C14H27N5O2/c1-6-19(9-14(4,5)8-15)7-11(20)16-13-18-17-12(21-13)10(2)3/h10H,6-9,15H2,1-5H3,(H,16,18,20). The van der Waals surface area contributed by atoms with Gasteiger partial charge in [-0.05, 0) is 18.5 Å². The Morgan fingerprint density at radius 1 is 1.43 bits per heavy atom. The van der Waals surface area contributed by atoms with Crippen molar-refractivity contribution in [2.24, 2.45) is 11.1 Å². The second kappa shape index (κ2) is 7.51. The van der Waals surface area contributed by atoms with E-state index in [2.05, 4.69) is 29.4 Å². The van der Waals surface area contributed by atoms with Crippen molar-refractivity contribution in [3.63, 3.8) is 0 Å². The van der Waals surface area contributed by atoms with Gasteiger partial charge in [0.15, 0.2) is 0 Å². The van der Waals surface area contributed by atoms with Crippen LogP contribution in [0.5, 0.6) is 0 Å². The van der Waals surface area contributed by atoms with Crippen molar-refractivity contribution in [3.05, 3.63) is 5.89 Å². The number of aromatic nitrogens is 2. The molecule has 0 fully saturated rings. The summed E-state index contributed by atoms with van der Waals surface area (Å²) in [6.07, 6.45) is 0. The van der Waals surface area contributed by atoms with Crippen LogP contribution in [0.25, 0.3) is 0 Å². The number of carbonyl (C=O) groups is 1. The van der Waals surface area contributed by atoms with Crippen LogP contribution in [0.2, 0.25) is 0 Å². The molecule has 7 nitrogen and oxygen atoms in total. The normalized spacial score (nSPS) is 12.2. The number of carbonyl (C=O) groups excluding carboxylic acids is 1. The fraction of sp³-hybridized carbons (Fsp3) is 0.786. The summed E-state index contributed by atoms with van der Waals surface area (Å²) in [5, 5.41) is 10.3. The Morgan fingerprint density at radius 3 is 2.57 bits per heavy atom. The average Bonchev–Trinajstić information content (AvgIpc) is 2.86. The van der Waals surface area contributed by atoms with Gasteiger partial charge >= 0.3 is 6.01 Å². The van der Waals surface area contributed by atoms with Gasteiger partial charge in [0, 0.05) is 12.5 Å². The molecular formula is C14H27N5O2. The lowest BCUT2D eigenvalue weighted by atomic mass is 9.93. The number of nitrogens with zero attached hydrogens (tertiary/aromatic N) is 3. The van der Waals surface area contributed by atoms with Crippen LogP contribution in [-0.4, -0.2) is 47.2 Å². The number of rotatable bonds is 8. The summed E-state index contributed by atoms with van der Waals surface area (Å²) in [7, 11) is 0. The molecule has 0 bridgehead atoms. The number of nitrogens with two attached hydrogens (primary N) is 1. The van der Waals surface area contributed by atoms with E-state index in [0.717, 1.165) is 13.1 Å². The highest BCUT2D eigenvalue weighted by Gasteiger charge is 2.21. The van der Waals surface area contributed by atoms with Crippen molar-refractivity contribution in [1.29, 1.82) is 0 Å². The lowest BCUT2D eigenvalue weighted by Gasteiger charge is -2.30. The molecule has 0 spiro atoms. The zero-order valence-electron chi connectivity index (χ0n) is 13.6. The molecular weight excluding hydrogens is 270 g/mol. The summed E-state index contributed by atoms with van der Waals surface area (Å²) in [5.74, 6) is 0.492. The maximum atomic E-state index is 12.0. The van der Waals surface area contributed by atoms with Gasteiger partial charge in [0.25, 0.3) is 0 Å². The summed E-state index contributed by atoms with van der Waals surface area (Å²) in [6, 6.07) is 0.151. The monoisotopic (exact) mass is 297 g/mol. The molecule has 1 rings (SSSR count). The maximum Gasteiger partial charge on any atom is 0.322 e. The van der Waals surface area contributed by atoms with Crippen LogP contribution in [0.15, 0.2) is 4.42 Å². The highest BCUT2D eigenvalue weighted by Crippen LogP contribution is 2.16. The van der Waals surface area contributed by atoms with Crippen molar-refractivity contribution < 1.29 is 9.21 Å². The molecule has 0 saturated heterocycles. The molecule has 1 amide bonds. The molecule has 1 aromatic heterocycles. The van der Waals surface area contributed by atoms with Gasteiger partial charge in [0.2, 0.25) is 11.8 Å². The second-order valence-corrected chi connectivity index (χ2v) is 6.32. The quantitative estimate of drug-likeness (QED) is 0.753. The number of anilines is 1. The molecule has 120 valence electrons. The van der Waals surface area contributed by atoms with Crippen LogP contribution in [0.3, 0.4) is 0 Å². The van der Waals surface area contributed by atoms with Gasteiger partial charge in [0.1, 0.15) is 0 Å². The third-order valence-corrected chi connectivity index (χ3v) is 3.20. The summed E-state index contributed by atoms with van der Waals surface area (Å²) >= 11 is 0. The highest BCUT2D eigenvalue weighted by atomic mass is 16.4. The first-order valence-electron chi connectivity index (χ1n) is 7.33. The van der Waals surface area contributed by atoms with Gasteiger partial charge in [-0.1, -0.05) is 39.7 Å². The molecule has 0 saturated carbocycles. The van der Waals surface area contributed by atoms with E-state index >= 15 is 0 Å². The summed E-state index contributed by atoms with van der Waals surface area (Å²) < 4.78 is 5.36. The molecule has 1 heterocycles. The number of hydrogen-bond donors (Lipinski definition) is 2.